The van der Waals surface area contributed by atoms with E-state index >= 15 is 0 Å². The van der Waals surface area contributed by atoms with Crippen LogP contribution in [0, 0.1) is 0 Å². The molecule has 0 atom stereocenters. The second-order valence-corrected chi connectivity index (χ2v) is 6.93. The van der Waals surface area contributed by atoms with Gasteiger partial charge in [-0.15, -0.1) is 0 Å². The third-order valence-corrected chi connectivity index (χ3v) is 5.32. The first-order chi connectivity index (χ1) is 9.19. The molecule has 0 unspecified atom stereocenters. The molecule has 0 aliphatic carbocycles. The minimum Gasteiger partial charge on any atom is -0.478 e. The van der Waals surface area contributed by atoms with Crippen LogP contribution < -0.4 is 0 Å². The summed E-state index contributed by atoms with van der Waals surface area (Å²) in [6.45, 7) is 2.12. The fraction of sp³-hybridized carbons (Fsp3) is 0.333. The summed E-state index contributed by atoms with van der Waals surface area (Å²) >= 11 is 3.06. The average Bonchev–Trinajstić information content (AvgIpc) is 2.37. The van der Waals surface area contributed by atoms with Crippen molar-refractivity contribution in [2.24, 2.45) is 0 Å². The van der Waals surface area contributed by atoms with Crippen LogP contribution in [0.5, 0.6) is 0 Å². The van der Waals surface area contributed by atoms with E-state index in [1.807, 2.05) is 0 Å². The summed E-state index contributed by atoms with van der Waals surface area (Å²) in [6, 6.07) is 3.66. The van der Waals surface area contributed by atoms with E-state index in [1.54, 1.807) is 6.92 Å². The Balaban J connectivity index is 3.19. The lowest BCUT2D eigenvalue weighted by Crippen LogP contribution is -2.32. The molecule has 0 aromatic heterocycles. The van der Waals surface area contributed by atoms with E-state index in [0.717, 1.165) is 6.07 Å². The Hall–Kier alpha value is -1.41. The van der Waals surface area contributed by atoms with Gasteiger partial charge in [0, 0.05) is 18.1 Å². The van der Waals surface area contributed by atoms with Crippen molar-refractivity contribution in [3.8, 4) is 0 Å². The van der Waals surface area contributed by atoms with Gasteiger partial charge in [0.25, 0.3) is 0 Å². The number of aromatic carboxylic acids is 1. The minimum absolute atomic E-state index is 0.150. The molecule has 1 aromatic carbocycles. The first-order valence-corrected chi connectivity index (χ1v) is 8.13. The predicted octanol–water partition coefficient (Wildman–Crippen LogP) is 1.40. The maximum atomic E-state index is 12.2. The van der Waals surface area contributed by atoms with Crippen LogP contribution in [0.4, 0.5) is 0 Å². The lowest BCUT2D eigenvalue weighted by Gasteiger charge is -2.15. The molecule has 1 rings (SSSR count). The first kappa shape index (κ1) is 16.6. The maximum Gasteiger partial charge on any atom is 0.335 e. The Kier molecular flexibility index (Phi) is 5.29. The highest BCUT2D eigenvalue weighted by molar-refractivity contribution is 9.10. The highest BCUT2D eigenvalue weighted by Gasteiger charge is 2.24. The molecule has 110 valence electrons. The van der Waals surface area contributed by atoms with Gasteiger partial charge in [-0.25, -0.2) is 13.2 Å². The summed E-state index contributed by atoms with van der Waals surface area (Å²) in [5.41, 5.74) is -0.150. The van der Waals surface area contributed by atoms with E-state index in [9.17, 15) is 18.0 Å². The molecule has 0 bridgehead atoms. The van der Waals surface area contributed by atoms with E-state index in [4.69, 9.17) is 5.11 Å². The number of halogens is 1. The van der Waals surface area contributed by atoms with Crippen LogP contribution in [0.1, 0.15) is 17.3 Å². The van der Waals surface area contributed by atoms with Crippen molar-refractivity contribution in [2.45, 2.75) is 11.8 Å². The molecule has 0 saturated carbocycles. The first-order valence-electron chi connectivity index (χ1n) is 5.68. The van der Waals surface area contributed by atoms with Crippen molar-refractivity contribution in [1.82, 2.24) is 4.90 Å². The zero-order chi connectivity index (χ0) is 15.5. The van der Waals surface area contributed by atoms with Crippen LogP contribution >= 0.6 is 15.9 Å². The summed E-state index contributed by atoms with van der Waals surface area (Å²) in [7, 11) is -2.40. The van der Waals surface area contributed by atoms with Crippen LogP contribution in [0.2, 0.25) is 0 Å². The van der Waals surface area contributed by atoms with Crippen molar-refractivity contribution in [3.05, 3.63) is 28.2 Å². The number of hydrogen-bond acceptors (Lipinski definition) is 4. The van der Waals surface area contributed by atoms with E-state index in [2.05, 4.69) is 15.9 Å². The van der Waals surface area contributed by atoms with Crippen LogP contribution in [0.25, 0.3) is 0 Å². The predicted molar refractivity (Wildman–Crippen MR) is 76.5 cm³/mol. The van der Waals surface area contributed by atoms with E-state index in [0.29, 0.717) is 6.54 Å². The monoisotopic (exact) mass is 363 g/mol. The normalized spacial score (nSPS) is 11.2. The summed E-state index contributed by atoms with van der Waals surface area (Å²) in [5.74, 6) is -2.47. The summed E-state index contributed by atoms with van der Waals surface area (Å²) < 4.78 is 24.6. The van der Waals surface area contributed by atoms with Gasteiger partial charge in [0.2, 0.25) is 5.91 Å². The molecule has 0 aliphatic rings. The van der Waals surface area contributed by atoms with Crippen LogP contribution in [-0.4, -0.2) is 49.6 Å². The number of carboxylic acid groups (broad SMARTS) is 1. The molecule has 20 heavy (non-hydrogen) atoms. The lowest BCUT2D eigenvalue weighted by molar-refractivity contribution is -0.126. The number of carbonyl (C=O) groups excluding carboxylic acids is 1. The molecule has 0 fully saturated rings. The van der Waals surface area contributed by atoms with Gasteiger partial charge in [0.05, 0.1) is 10.5 Å². The Labute approximate surface area is 125 Å². The third-order valence-electron chi connectivity index (χ3n) is 2.73. The molecule has 0 saturated heterocycles. The van der Waals surface area contributed by atoms with E-state index in [1.165, 1.54) is 24.1 Å². The van der Waals surface area contributed by atoms with Crippen molar-refractivity contribution in [3.63, 3.8) is 0 Å². The van der Waals surface area contributed by atoms with Crippen molar-refractivity contribution in [2.75, 3.05) is 19.3 Å². The van der Waals surface area contributed by atoms with Crippen molar-refractivity contribution in [1.29, 1.82) is 0 Å². The third kappa shape index (κ3) is 3.80. The van der Waals surface area contributed by atoms with Crippen molar-refractivity contribution >= 4 is 37.6 Å². The average molecular weight is 364 g/mol. The highest BCUT2D eigenvalue weighted by Crippen LogP contribution is 2.24. The summed E-state index contributed by atoms with van der Waals surface area (Å²) in [5, 5.41) is 8.89. The van der Waals surface area contributed by atoms with Gasteiger partial charge in [-0.1, -0.05) is 0 Å². The Morgan fingerprint density at radius 2 is 1.95 bits per heavy atom. The number of carboxylic acids is 1. The molecule has 0 radical (unpaired) electrons. The van der Waals surface area contributed by atoms with Gasteiger partial charge in [-0.05, 0) is 41.1 Å². The van der Waals surface area contributed by atoms with Crippen LogP contribution in [-0.2, 0) is 14.6 Å². The zero-order valence-electron chi connectivity index (χ0n) is 11.0. The van der Waals surface area contributed by atoms with E-state index < -0.39 is 27.5 Å². The lowest BCUT2D eigenvalue weighted by atomic mass is 10.2. The summed E-state index contributed by atoms with van der Waals surface area (Å²) in [4.78, 5) is 23.7. The number of amides is 1. The maximum absolute atomic E-state index is 12.2. The van der Waals surface area contributed by atoms with E-state index in [-0.39, 0.29) is 14.9 Å². The molecule has 1 N–H and O–H groups in total. The van der Waals surface area contributed by atoms with Gasteiger partial charge >= 0.3 is 5.97 Å². The SMILES string of the molecule is CCN(C)C(=O)CS(=O)(=O)c1cc(C(=O)O)ccc1Br. The minimum atomic E-state index is -3.90. The largest absolute Gasteiger partial charge is 0.478 e. The Morgan fingerprint density at radius 1 is 1.35 bits per heavy atom. The van der Waals surface area contributed by atoms with Gasteiger partial charge in [0.15, 0.2) is 9.84 Å². The molecule has 8 heteroatoms. The fourth-order valence-electron chi connectivity index (χ4n) is 1.40. The number of hydrogen-bond donors (Lipinski definition) is 1. The second kappa shape index (κ2) is 6.36. The quantitative estimate of drug-likeness (QED) is 0.853. The summed E-state index contributed by atoms with van der Waals surface area (Å²) in [6.07, 6.45) is 0. The number of carbonyl (C=O) groups is 2. The second-order valence-electron chi connectivity index (χ2n) is 4.12. The molecule has 0 spiro atoms. The number of sulfone groups is 1. The van der Waals surface area contributed by atoms with Crippen LogP contribution in [0.15, 0.2) is 27.6 Å². The van der Waals surface area contributed by atoms with Gasteiger partial charge < -0.3 is 10.0 Å². The Bertz CT molecular complexity index is 641. The number of nitrogens with zero attached hydrogens (tertiary/aromatic N) is 1. The van der Waals surface area contributed by atoms with Crippen molar-refractivity contribution < 1.29 is 23.1 Å². The Morgan fingerprint density at radius 3 is 2.45 bits per heavy atom. The fourth-order valence-corrected chi connectivity index (χ4v) is 3.76. The number of rotatable bonds is 5. The molecule has 1 amide bonds. The van der Waals surface area contributed by atoms with Gasteiger partial charge in [0.1, 0.15) is 5.75 Å². The zero-order valence-corrected chi connectivity index (χ0v) is 13.4. The van der Waals surface area contributed by atoms with Gasteiger partial charge in [-0.3, -0.25) is 4.79 Å². The molecular weight excluding hydrogens is 350 g/mol. The van der Waals surface area contributed by atoms with Gasteiger partial charge in [-0.2, -0.15) is 0 Å². The smallest absolute Gasteiger partial charge is 0.335 e. The topological polar surface area (TPSA) is 91.8 Å². The molecule has 6 nitrogen and oxygen atoms in total. The molecule has 1 aromatic rings. The standard InChI is InChI=1S/C12H14BrNO5S/c1-3-14(2)11(15)7-20(18,19)10-6-8(12(16)17)4-5-9(10)13/h4-6H,3,7H2,1-2H3,(H,16,17). The molecule has 0 aliphatic heterocycles. The van der Waals surface area contributed by atoms with Crippen LogP contribution in [0.3, 0.4) is 0 Å². The molecule has 0 heterocycles. The number of benzene rings is 1. The molecular formula is C12H14BrNO5S. The highest BCUT2D eigenvalue weighted by atomic mass is 79.9.